The fraction of sp³-hybridized carbons (Fsp3) is 1.00. The van der Waals surface area contributed by atoms with E-state index in [9.17, 15) is 5.11 Å². The van der Waals surface area contributed by atoms with Crippen LogP contribution >= 0.6 is 0 Å². The van der Waals surface area contributed by atoms with Gasteiger partial charge in [-0.3, -0.25) is 0 Å². The molecule has 0 aromatic carbocycles. The predicted octanol–water partition coefficient (Wildman–Crippen LogP) is 3.52. The lowest BCUT2D eigenvalue weighted by atomic mass is 9.76. The molecule has 2 aliphatic rings. The Bertz CT molecular complexity index is 221. The van der Waals surface area contributed by atoms with Crippen molar-refractivity contribution in [3.8, 4) is 0 Å². The van der Waals surface area contributed by atoms with E-state index in [2.05, 4.69) is 13.8 Å². The Balaban J connectivity index is 1.65. The van der Waals surface area contributed by atoms with Crippen LogP contribution in [0.2, 0.25) is 0 Å². The molecule has 0 aromatic rings. The molecule has 0 saturated heterocycles. The monoisotopic (exact) mass is 240 g/mol. The van der Waals surface area contributed by atoms with Crippen molar-refractivity contribution in [1.82, 2.24) is 0 Å². The maximum absolute atomic E-state index is 10.1. The number of aliphatic hydroxyl groups is 1. The normalized spacial score (nSPS) is 28.4. The van der Waals surface area contributed by atoms with Crippen molar-refractivity contribution in [3.63, 3.8) is 0 Å². The van der Waals surface area contributed by atoms with Gasteiger partial charge in [-0.25, -0.2) is 0 Å². The van der Waals surface area contributed by atoms with Crippen LogP contribution in [0.25, 0.3) is 0 Å². The summed E-state index contributed by atoms with van der Waals surface area (Å²) >= 11 is 0. The summed E-state index contributed by atoms with van der Waals surface area (Å²) in [6.45, 7) is 5.25. The van der Waals surface area contributed by atoms with Crippen LogP contribution in [0.1, 0.15) is 65.2 Å². The van der Waals surface area contributed by atoms with Crippen LogP contribution < -0.4 is 0 Å². The van der Waals surface area contributed by atoms with E-state index in [-0.39, 0.29) is 6.10 Å². The molecule has 0 amide bonds. The topological polar surface area (TPSA) is 29.5 Å². The van der Waals surface area contributed by atoms with E-state index in [1.807, 2.05) is 0 Å². The van der Waals surface area contributed by atoms with Crippen molar-refractivity contribution >= 4 is 0 Å². The summed E-state index contributed by atoms with van der Waals surface area (Å²) in [4.78, 5) is 0. The van der Waals surface area contributed by atoms with Gasteiger partial charge in [-0.2, -0.15) is 0 Å². The first-order chi connectivity index (χ1) is 8.07. The predicted molar refractivity (Wildman–Crippen MR) is 70.0 cm³/mol. The Hall–Kier alpha value is -0.0800. The highest BCUT2D eigenvalue weighted by molar-refractivity contribution is 4.80. The van der Waals surface area contributed by atoms with E-state index in [0.717, 1.165) is 0 Å². The molecule has 1 N–H and O–H groups in total. The average Bonchev–Trinajstić information content (AvgIpc) is 2.80. The van der Waals surface area contributed by atoms with Crippen LogP contribution in [0.3, 0.4) is 0 Å². The zero-order valence-corrected chi connectivity index (χ0v) is 11.5. The third kappa shape index (κ3) is 3.96. The van der Waals surface area contributed by atoms with Gasteiger partial charge in [0.15, 0.2) is 0 Å². The second-order valence-corrected chi connectivity index (χ2v) is 6.81. The molecule has 0 aliphatic heterocycles. The minimum atomic E-state index is -0.215. The van der Waals surface area contributed by atoms with Crippen LogP contribution in [0.5, 0.6) is 0 Å². The molecule has 2 rings (SSSR count). The third-order valence-corrected chi connectivity index (χ3v) is 4.73. The van der Waals surface area contributed by atoms with E-state index in [1.54, 1.807) is 0 Å². The second-order valence-electron chi connectivity index (χ2n) is 6.81. The van der Waals surface area contributed by atoms with E-state index in [4.69, 9.17) is 4.74 Å². The average molecular weight is 240 g/mol. The molecule has 17 heavy (non-hydrogen) atoms. The number of hydrogen-bond acceptors (Lipinski definition) is 2. The van der Waals surface area contributed by atoms with Crippen LogP contribution in [0, 0.1) is 11.3 Å². The van der Waals surface area contributed by atoms with E-state index in [1.165, 1.54) is 51.4 Å². The lowest BCUT2D eigenvalue weighted by Crippen LogP contribution is -2.31. The molecule has 2 aliphatic carbocycles. The molecule has 0 aromatic heterocycles. The van der Waals surface area contributed by atoms with Gasteiger partial charge in [0.2, 0.25) is 0 Å². The van der Waals surface area contributed by atoms with Gasteiger partial charge >= 0.3 is 0 Å². The molecular formula is C15H28O2. The first kappa shape index (κ1) is 13.4. The van der Waals surface area contributed by atoms with Crippen molar-refractivity contribution < 1.29 is 9.84 Å². The molecule has 2 heteroatoms. The zero-order chi connectivity index (χ0) is 12.3. The highest BCUT2D eigenvalue weighted by Crippen LogP contribution is 2.36. The lowest BCUT2D eigenvalue weighted by molar-refractivity contribution is -0.0522. The molecule has 0 radical (unpaired) electrons. The summed E-state index contributed by atoms with van der Waals surface area (Å²) in [6, 6.07) is 0. The molecule has 2 fully saturated rings. The fourth-order valence-corrected chi connectivity index (χ4v) is 3.25. The zero-order valence-electron chi connectivity index (χ0n) is 11.5. The Labute approximate surface area is 106 Å². The van der Waals surface area contributed by atoms with Crippen LogP contribution in [0.4, 0.5) is 0 Å². The minimum Gasteiger partial charge on any atom is -0.390 e. The Morgan fingerprint density at radius 3 is 2.29 bits per heavy atom. The summed E-state index contributed by atoms with van der Waals surface area (Å²) < 4.78 is 5.90. The minimum absolute atomic E-state index is 0.215. The summed E-state index contributed by atoms with van der Waals surface area (Å²) in [7, 11) is 0. The molecule has 0 heterocycles. The van der Waals surface area contributed by atoms with Gasteiger partial charge in [-0.05, 0) is 49.9 Å². The number of rotatable bonds is 4. The van der Waals surface area contributed by atoms with Gasteiger partial charge in [-0.15, -0.1) is 0 Å². The van der Waals surface area contributed by atoms with E-state index >= 15 is 0 Å². The summed E-state index contributed by atoms with van der Waals surface area (Å²) in [6.07, 6.45) is 10.0. The second kappa shape index (κ2) is 5.71. The van der Waals surface area contributed by atoms with E-state index < -0.39 is 0 Å². The van der Waals surface area contributed by atoms with Gasteiger partial charge in [0.1, 0.15) is 0 Å². The largest absolute Gasteiger partial charge is 0.390 e. The first-order valence-corrected chi connectivity index (χ1v) is 7.36. The molecular weight excluding hydrogens is 212 g/mol. The maximum Gasteiger partial charge on any atom is 0.0801 e. The Kier molecular flexibility index (Phi) is 4.48. The summed E-state index contributed by atoms with van der Waals surface area (Å²) in [5, 5.41) is 10.1. The van der Waals surface area contributed by atoms with Crippen molar-refractivity contribution in [3.05, 3.63) is 0 Å². The Morgan fingerprint density at radius 1 is 1.12 bits per heavy atom. The van der Waals surface area contributed by atoms with Gasteiger partial charge in [-0.1, -0.05) is 26.7 Å². The molecule has 100 valence electrons. The van der Waals surface area contributed by atoms with Gasteiger partial charge < -0.3 is 9.84 Å². The molecule has 0 bridgehead atoms. The van der Waals surface area contributed by atoms with Gasteiger partial charge in [0.25, 0.3) is 0 Å². The highest BCUT2D eigenvalue weighted by atomic mass is 16.5. The van der Waals surface area contributed by atoms with Crippen LogP contribution in [-0.2, 0) is 4.74 Å². The third-order valence-electron chi connectivity index (χ3n) is 4.73. The van der Waals surface area contributed by atoms with Crippen molar-refractivity contribution in [2.24, 2.45) is 11.3 Å². The lowest BCUT2D eigenvalue weighted by Gasteiger charge is -2.34. The van der Waals surface area contributed by atoms with Crippen LogP contribution in [0.15, 0.2) is 0 Å². The molecule has 1 unspecified atom stereocenters. The fourth-order valence-electron chi connectivity index (χ4n) is 3.25. The van der Waals surface area contributed by atoms with Gasteiger partial charge in [0, 0.05) is 0 Å². The SMILES string of the molecule is CC1(C)CCC(OCC(O)C2CCCC2)CC1. The summed E-state index contributed by atoms with van der Waals surface area (Å²) in [5.74, 6) is 0.509. The first-order valence-electron chi connectivity index (χ1n) is 7.36. The number of hydrogen-bond donors (Lipinski definition) is 1. The van der Waals surface area contributed by atoms with Crippen molar-refractivity contribution in [1.29, 1.82) is 0 Å². The number of ether oxygens (including phenoxy) is 1. The van der Waals surface area contributed by atoms with Crippen molar-refractivity contribution in [2.45, 2.75) is 77.4 Å². The van der Waals surface area contributed by atoms with Crippen LogP contribution in [-0.4, -0.2) is 23.9 Å². The van der Waals surface area contributed by atoms with Gasteiger partial charge in [0.05, 0.1) is 18.8 Å². The molecule has 2 saturated carbocycles. The molecule has 0 spiro atoms. The van der Waals surface area contributed by atoms with Crippen molar-refractivity contribution in [2.75, 3.05) is 6.61 Å². The molecule has 2 nitrogen and oxygen atoms in total. The standard InChI is InChI=1S/C15H28O2/c1-15(2)9-7-13(8-10-15)17-11-14(16)12-5-3-4-6-12/h12-14,16H,3-11H2,1-2H3. The highest BCUT2D eigenvalue weighted by Gasteiger charge is 2.29. The maximum atomic E-state index is 10.1. The summed E-state index contributed by atoms with van der Waals surface area (Å²) in [5.41, 5.74) is 0.504. The number of aliphatic hydroxyl groups excluding tert-OH is 1. The molecule has 1 atom stereocenters. The Morgan fingerprint density at radius 2 is 1.71 bits per heavy atom. The quantitative estimate of drug-likeness (QED) is 0.814. The smallest absolute Gasteiger partial charge is 0.0801 e. The van der Waals surface area contributed by atoms with E-state index in [0.29, 0.717) is 24.0 Å².